The van der Waals surface area contributed by atoms with E-state index < -0.39 is 17.5 Å². The van der Waals surface area contributed by atoms with Crippen LogP contribution in [0.2, 0.25) is 0 Å². The summed E-state index contributed by atoms with van der Waals surface area (Å²) in [5.74, 6) is -0.962. The second kappa shape index (κ2) is 3.34. The Bertz CT molecular complexity index is 358. The van der Waals surface area contributed by atoms with E-state index >= 15 is 0 Å². The monoisotopic (exact) mass is 224 g/mol. The third-order valence-electron chi connectivity index (χ3n) is 3.64. The molecule has 88 valence electrons. The summed E-state index contributed by atoms with van der Waals surface area (Å²) in [5, 5.41) is 0. The van der Waals surface area contributed by atoms with Crippen molar-refractivity contribution in [3.8, 4) is 0 Å². The van der Waals surface area contributed by atoms with Crippen LogP contribution in [0, 0.1) is 5.41 Å². The van der Waals surface area contributed by atoms with Gasteiger partial charge >= 0.3 is 11.9 Å². The summed E-state index contributed by atoms with van der Waals surface area (Å²) >= 11 is 0. The maximum atomic E-state index is 11.8. The fraction of sp³-hybridized carbons (Fsp3) is 0.667. The molecular weight excluding hydrogens is 208 g/mol. The number of carbonyl (C=O) groups excluding carboxylic acids is 2. The second-order valence-electron chi connectivity index (χ2n) is 5.21. The summed E-state index contributed by atoms with van der Waals surface area (Å²) in [4.78, 5) is 23.0. The molecule has 4 heteroatoms. The quantitative estimate of drug-likeness (QED) is 0.528. The molecule has 2 atom stereocenters. The first-order valence-corrected chi connectivity index (χ1v) is 5.46. The van der Waals surface area contributed by atoms with E-state index in [0.717, 1.165) is 12.5 Å². The molecule has 1 aliphatic carbocycles. The van der Waals surface area contributed by atoms with Crippen molar-refractivity contribution in [1.82, 2.24) is 0 Å². The van der Waals surface area contributed by atoms with E-state index in [1.54, 1.807) is 0 Å². The van der Waals surface area contributed by atoms with Crippen molar-refractivity contribution in [3.05, 3.63) is 12.7 Å². The molecule has 2 aliphatic rings. The average molecular weight is 224 g/mol. The molecule has 1 heterocycles. The highest BCUT2D eigenvalue weighted by Crippen LogP contribution is 2.49. The number of hydrogen-bond donors (Lipinski definition) is 0. The molecule has 2 bridgehead atoms. The van der Waals surface area contributed by atoms with Gasteiger partial charge in [0.05, 0.1) is 0 Å². The van der Waals surface area contributed by atoms with Crippen molar-refractivity contribution in [2.45, 2.75) is 44.8 Å². The number of esters is 2. The highest BCUT2D eigenvalue weighted by Gasteiger charge is 2.59. The van der Waals surface area contributed by atoms with Crippen molar-refractivity contribution in [2.24, 2.45) is 5.41 Å². The lowest BCUT2D eigenvalue weighted by Gasteiger charge is -2.36. The Hall–Kier alpha value is -1.32. The van der Waals surface area contributed by atoms with E-state index in [9.17, 15) is 9.59 Å². The summed E-state index contributed by atoms with van der Waals surface area (Å²) in [5.41, 5.74) is -1.08. The molecule has 4 nitrogen and oxygen atoms in total. The van der Waals surface area contributed by atoms with Crippen LogP contribution in [0.4, 0.5) is 0 Å². The van der Waals surface area contributed by atoms with Gasteiger partial charge in [0.1, 0.15) is 6.10 Å². The molecule has 0 spiro atoms. The Morgan fingerprint density at radius 2 is 2.25 bits per heavy atom. The van der Waals surface area contributed by atoms with Gasteiger partial charge in [-0.15, -0.1) is 0 Å². The fourth-order valence-electron chi connectivity index (χ4n) is 2.35. The van der Waals surface area contributed by atoms with Crippen LogP contribution in [0.1, 0.15) is 33.1 Å². The van der Waals surface area contributed by atoms with Gasteiger partial charge in [-0.2, -0.15) is 0 Å². The third kappa shape index (κ3) is 1.52. The van der Waals surface area contributed by atoms with Crippen molar-refractivity contribution in [2.75, 3.05) is 0 Å². The predicted octanol–water partition coefficient (Wildman–Crippen LogP) is 1.59. The molecule has 2 unspecified atom stereocenters. The molecule has 0 radical (unpaired) electrons. The van der Waals surface area contributed by atoms with Gasteiger partial charge in [0, 0.05) is 17.9 Å². The topological polar surface area (TPSA) is 52.6 Å². The molecule has 2 fully saturated rings. The molecule has 0 aromatic rings. The van der Waals surface area contributed by atoms with Gasteiger partial charge in [0.2, 0.25) is 5.60 Å². The Morgan fingerprint density at radius 1 is 1.56 bits per heavy atom. The molecule has 0 N–H and O–H groups in total. The third-order valence-corrected chi connectivity index (χ3v) is 3.64. The zero-order valence-corrected chi connectivity index (χ0v) is 9.62. The van der Waals surface area contributed by atoms with Crippen LogP contribution in [0.3, 0.4) is 0 Å². The number of hydrogen-bond acceptors (Lipinski definition) is 4. The van der Waals surface area contributed by atoms with Gasteiger partial charge in [-0.3, -0.25) is 0 Å². The van der Waals surface area contributed by atoms with Crippen molar-refractivity contribution >= 4 is 11.9 Å². The van der Waals surface area contributed by atoms with Crippen LogP contribution >= 0.6 is 0 Å². The van der Waals surface area contributed by atoms with Crippen LogP contribution in [-0.4, -0.2) is 23.6 Å². The SMILES string of the molecule is C=CC(=O)OC12CCC(C)(C)C(C1)OC2=O. The van der Waals surface area contributed by atoms with Crippen LogP contribution in [-0.2, 0) is 19.1 Å². The molecule has 0 aromatic carbocycles. The van der Waals surface area contributed by atoms with E-state index in [0.29, 0.717) is 12.8 Å². The molecule has 1 aliphatic heterocycles. The summed E-state index contributed by atoms with van der Waals surface area (Å²) < 4.78 is 10.5. The lowest BCUT2D eigenvalue weighted by molar-refractivity contribution is -0.169. The van der Waals surface area contributed by atoms with E-state index in [1.807, 2.05) is 0 Å². The fourth-order valence-corrected chi connectivity index (χ4v) is 2.35. The lowest BCUT2D eigenvalue weighted by Crippen LogP contribution is -2.44. The molecule has 2 rings (SSSR count). The molecule has 1 saturated carbocycles. The Morgan fingerprint density at radius 3 is 2.88 bits per heavy atom. The normalized spacial score (nSPS) is 35.4. The first kappa shape index (κ1) is 11.2. The number of carbonyl (C=O) groups is 2. The average Bonchev–Trinajstić information content (AvgIpc) is 2.50. The molecule has 16 heavy (non-hydrogen) atoms. The largest absolute Gasteiger partial charge is 0.459 e. The van der Waals surface area contributed by atoms with Gasteiger partial charge in [0.25, 0.3) is 0 Å². The smallest absolute Gasteiger partial charge is 0.351 e. The number of fused-ring (bicyclic) bond motifs is 2. The zero-order chi connectivity index (χ0) is 12.0. The van der Waals surface area contributed by atoms with E-state index in [1.165, 1.54) is 0 Å². The summed E-state index contributed by atoms with van der Waals surface area (Å²) in [6.07, 6.45) is 2.75. The first-order chi connectivity index (χ1) is 7.39. The first-order valence-electron chi connectivity index (χ1n) is 5.46. The van der Waals surface area contributed by atoms with Crippen LogP contribution < -0.4 is 0 Å². The summed E-state index contributed by atoms with van der Waals surface area (Å²) in [6, 6.07) is 0. The van der Waals surface area contributed by atoms with E-state index in [-0.39, 0.29) is 11.5 Å². The Kier molecular flexibility index (Phi) is 2.33. The van der Waals surface area contributed by atoms with Crippen LogP contribution in [0.5, 0.6) is 0 Å². The standard InChI is InChI=1S/C12H16O4/c1-4-9(13)16-12-6-5-11(2,3)8(7-12)15-10(12)14/h4,8H,1,5-7H2,2-3H3. The molecular formula is C12H16O4. The Balaban J connectivity index is 2.22. The predicted molar refractivity (Wildman–Crippen MR) is 56.5 cm³/mol. The highest BCUT2D eigenvalue weighted by molar-refractivity contribution is 5.89. The van der Waals surface area contributed by atoms with Gasteiger partial charge in [-0.1, -0.05) is 20.4 Å². The van der Waals surface area contributed by atoms with Crippen LogP contribution in [0.15, 0.2) is 12.7 Å². The van der Waals surface area contributed by atoms with Gasteiger partial charge < -0.3 is 9.47 Å². The summed E-state index contributed by atoms with van der Waals surface area (Å²) in [7, 11) is 0. The minimum Gasteiger partial charge on any atom is -0.459 e. The minimum atomic E-state index is -1.05. The Labute approximate surface area is 94.6 Å². The number of rotatable bonds is 2. The highest BCUT2D eigenvalue weighted by atomic mass is 16.6. The van der Waals surface area contributed by atoms with Gasteiger partial charge in [-0.25, -0.2) is 9.59 Å². The maximum absolute atomic E-state index is 11.8. The van der Waals surface area contributed by atoms with Crippen LogP contribution in [0.25, 0.3) is 0 Å². The summed E-state index contributed by atoms with van der Waals surface area (Å²) in [6.45, 7) is 7.46. The van der Waals surface area contributed by atoms with Crippen molar-refractivity contribution in [3.63, 3.8) is 0 Å². The van der Waals surface area contributed by atoms with Crippen molar-refractivity contribution in [1.29, 1.82) is 0 Å². The van der Waals surface area contributed by atoms with E-state index in [4.69, 9.17) is 9.47 Å². The maximum Gasteiger partial charge on any atom is 0.351 e. The second-order valence-corrected chi connectivity index (χ2v) is 5.21. The van der Waals surface area contributed by atoms with Gasteiger partial charge in [0.15, 0.2) is 0 Å². The van der Waals surface area contributed by atoms with E-state index in [2.05, 4.69) is 20.4 Å². The molecule has 1 saturated heterocycles. The molecule has 0 aromatic heterocycles. The molecule has 0 amide bonds. The minimum absolute atomic E-state index is 0.0315. The number of ether oxygens (including phenoxy) is 2. The lowest BCUT2D eigenvalue weighted by atomic mass is 9.71. The van der Waals surface area contributed by atoms with Crippen molar-refractivity contribution < 1.29 is 19.1 Å². The zero-order valence-electron chi connectivity index (χ0n) is 9.62. The van der Waals surface area contributed by atoms with Gasteiger partial charge in [-0.05, 0) is 12.8 Å².